The monoisotopic (exact) mass is 188 g/mol. The third-order valence-corrected chi connectivity index (χ3v) is 0.822. The molecule has 0 aliphatic heterocycles. The molecule has 0 bridgehead atoms. The maximum Gasteiger partial charge on any atom is 0.426 e. The second-order valence-electron chi connectivity index (χ2n) is 1.79. The average Bonchev–Trinajstić information content (AvgIpc) is 2.03. The molecular formula is C6H3F3N4. The van der Waals surface area contributed by atoms with Crippen molar-refractivity contribution in [3.8, 4) is 12.1 Å². The number of hydrogen-bond donors (Lipinski definition) is 1. The molecule has 0 amide bonds. The summed E-state index contributed by atoms with van der Waals surface area (Å²) >= 11 is 0. The highest BCUT2D eigenvalue weighted by Crippen LogP contribution is 2.12. The number of nitriles is 2. The first-order chi connectivity index (χ1) is 5.90. The molecule has 0 fully saturated rings. The summed E-state index contributed by atoms with van der Waals surface area (Å²) in [5.74, 6) is 0. The van der Waals surface area contributed by atoms with E-state index in [2.05, 4.69) is 4.99 Å². The van der Waals surface area contributed by atoms with Crippen LogP contribution in [-0.2, 0) is 0 Å². The molecule has 0 radical (unpaired) electrons. The van der Waals surface area contributed by atoms with E-state index in [1.165, 1.54) is 12.1 Å². The quantitative estimate of drug-likeness (QED) is 0.488. The average molecular weight is 188 g/mol. The molecular weight excluding hydrogens is 185 g/mol. The van der Waals surface area contributed by atoms with Gasteiger partial charge in [0.2, 0.25) is 0 Å². The zero-order chi connectivity index (χ0) is 10.5. The summed E-state index contributed by atoms with van der Waals surface area (Å²) in [6.45, 7) is 0. The molecule has 0 unspecified atom stereocenters. The molecule has 13 heavy (non-hydrogen) atoms. The van der Waals surface area contributed by atoms with Gasteiger partial charge in [-0.1, -0.05) is 0 Å². The van der Waals surface area contributed by atoms with Crippen molar-refractivity contribution in [2.45, 2.75) is 6.18 Å². The summed E-state index contributed by atoms with van der Waals surface area (Å²) in [4.78, 5) is 2.71. The van der Waals surface area contributed by atoms with Gasteiger partial charge < -0.3 is 5.73 Å². The van der Waals surface area contributed by atoms with E-state index in [-0.39, 0.29) is 0 Å². The van der Waals surface area contributed by atoms with Crippen LogP contribution >= 0.6 is 0 Å². The van der Waals surface area contributed by atoms with Gasteiger partial charge in [-0.05, 0) is 0 Å². The van der Waals surface area contributed by atoms with Crippen molar-refractivity contribution in [1.29, 1.82) is 10.5 Å². The lowest BCUT2D eigenvalue weighted by Crippen LogP contribution is -2.09. The van der Waals surface area contributed by atoms with Crippen LogP contribution in [0.5, 0.6) is 0 Å². The van der Waals surface area contributed by atoms with Crippen molar-refractivity contribution in [3.05, 3.63) is 11.4 Å². The van der Waals surface area contributed by atoms with Gasteiger partial charge in [-0.3, -0.25) is 0 Å². The molecule has 7 heteroatoms. The van der Waals surface area contributed by atoms with Gasteiger partial charge in [-0.25, -0.2) is 4.99 Å². The Morgan fingerprint density at radius 1 is 1.31 bits per heavy atom. The molecule has 0 heterocycles. The maximum atomic E-state index is 11.5. The molecule has 0 aliphatic carbocycles. The smallest absolute Gasteiger partial charge is 0.388 e. The predicted octanol–water partition coefficient (Wildman–Crippen LogP) is 0.837. The van der Waals surface area contributed by atoms with Crippen LogP contribution < -0.4 is 5.73 Å². The lowest BCUT2D eigenvalue weighted by atomic mass is 10.4. The number of rotatable bonds is 1. The van der Waals surface area contributed by atoms with Gasteiger partial charge in [0.05, 0.1) is 0 Å². The summed E-state index contributed by atoms with van der Waals surface area (Å²) in [6, 6.07) is 2.57. The Labute approximate surface area is 71.4 Å². The van der Waals surface area contributed by atoms with Gasteiger partial charge in [0.25, 0.3) is 0 Å². The summed E-state index contributed by atoms with van der Waals surface area (Å²) in [5.41, 5.74) is 3.47. The van der Waals surface area contributed by atoms with Crippen molar-refractivity contribution in [2.75, 3.05) is 0 Å². The molecule has 0 saturated heterocycles. The molecule has 68 valence electrons. The highest BCUT2D eigenvalue weighted by molar-refractivity contribution is 5.66. The van der Waals surface area contributed by atoms with Gasteiger partial charge in [0.1, 0.15) is 24.1 Å². The molecule has 0 aromatic heterocycles. The van der Waals surface area contributed by atoms with Crippen LogP contribution in [0.15, 0.2) is 16.4 Å². The van der Waals surface area contributed by atoms with Gasteiger partial charge >= 0.3 is 6.18 Å². The Morgan fingerprint density at radius 3 is 2.15 bits per heavy atom. The van der Waals surface area contributed by atoms with Crippen LogP contribution in [0.2, 0.25) is 0 Å². The van der Waals surface area contributed by atoms with E-state index in [9.17, 15) is 13.2 Å². The molecule has 0 rings (SSSR count). The largest absolute Gasteiger partial charge is 0.426 e. The first kappa shape index (κ1) is 11.0. The molecule has 0 aliphatic rings. The molecule has 0 atom stereocenters. The van der Waals surface area contributed by atoms with Crippen molar-refractivity contribution >= 4 is 6.21 Å². The Morgan fingerprint density at radius 2 is 1.85 bits per heavy atom. The van der Waals surface area contributed by atoms with E-state index >= 15 is 0 Å². The summed E-state index contributed by atoms with van der Waals surface area (Å²) in [7, 11) is 0. The predicted molar refractivity (Wildman–Crippen MR) is 37.0 cm³/mol. The molecule has 0 saturated carbocycles. The fourth-order valence-electron chi connectivity index (χ4n) is 0.349. The van der Waals surface area contributed by atoms with Crippen LogP contribution in [0.4, 0.5) is 13.2 Å². The number of allylic oxidation sites excluding steroid dienone is 2. The minimum atomic E-state index is -4.63. The van der Waals surface area contributed by atoms with Crippen molar-refractivity contribution in [2.24, 2.45) is 10.7 Å². The minimum Gasteiger partial charge on any atom is -0.388 e. The van der Waals surface area contributed by atoms with E-state index in [0.717, 1.165) is 0 Å². The lowest BCUT2D eigenvalue weighted by molar-refractivity contribution is -0.0535. The van der Waals surface area contributed by atoms with Crippen LogP contribution in [0, 0.1) is 22.7 Å². The third-order valence-electron chi connectivity index (χ3n) is 0.822. The molecule has 0 spiro atoms. The maximum absolute atomic E-state index is 11.5. The van der Waals surface area contributed by atoms with Crippen LogP contribution in [0.3, 0.4) is 0 Å². The Hall–Kier alpha value is -2.02. The van der Waals surface area contributed by atoms with Crippen LogP contribution in [-0.4, -0.2) is 12.4 Å². The fraction of sp³-hybridized carbons (Fsp3) is 0.167. The first-order valence-corrected chi connectivity index (χ1v) is 2.82. The summed E-state index contributed by atoms with van der Waals surface area (Å²) in [5, 5.41) is 16.3. The number of nitrogens with zero attached hydrogens (tertiary/aromatic N) is 3. The SMILES string of the molecule is N#C/C(N)=C(\C#N)N=CC(F)(F)F. The van der Waals surface area contributed by atoms with Gasteiger partial charge in [-0.2, -0.15) is 23.7 Å². The van der Waals surface area contributed by atoms with E-state index in [1.54, 1.807) is 0 Å². The Balaban J connectivity index is 4.83. The van der Waals surface area contributed by atoms with E-state index in [1.807, 2.05) is 0 Å². The number of hydrogen-bond acceptors (Lipinski definition) is 4. The Kier molecular flexibility index (Phi) is 3.48. The van der Waals surface area contributed by atoms with Gasteiger partial charge in [0, 0.05) is 0 Å². The third kappa shape index (κ3) is 4.43. The lowest BCUT2D eigenvalue weighted by Gasteiger charge is -1.95. The zero-order valence-corrected chi connectivity index (χ0v) is 6.13. The number of nitrogens with two attached hydrogens (primary N) is 1. The van der Waals surface area contributed by atoms with E-state index in [4.69, 9.17) is 16.3 Å². The Bertz CT molecular complexity index is 325. The van der Waals surface area contributed by atoms with Crippen molar-refractivity contribution in [1.82, 2.24) is 0 Å². The highest BCUT2D eigenvalue weighted by atomic mass is 19.4. The minimum absolute atomic E-state index is 0.407. The highest BCUT2D eigenvalue weighted by Gasteiger charge is 2.24. The number of alkyl halides is 3. The van der Waals surface area contributed by atoms with E-state index < -0.39 is 23.8 Å². The van der Waals surface area contributed by atoms with Gasteiger partial charge in [-0.15, -0.1) is 0 Å². The molecule has 0 aromatic carbocycles. The summed E-state index contributed by atoms with van der Waals surface area (Å²) in [6.07, 6.45) is -5.03. The first-order valence-electron chi connectivity index (χ1n) is 2.82. The zero-order valence-electron chi connectivity index (χ0n) is 6.13. The topological polar surface area (TPSA) is 86.0 Å². The van der Waals surface area contributed by atoms with Crippen LogP contribution in [0.25, 0.3) is 0 Å². The number of halogens is 3. The van der Waals surface area contributed by atoms with Gasteiger partial charge in [0.15, 0.2) is 5.70 Å². The summed E-state index contributed by atoms with van der Waals surface area (Å²) < 4.78 is 34.5. The number of aliphatic imine (C=N–C) groups is 1. The second kappa shape index (κ2) is 4.12. The molecule has 0 aromatic rings. The van der Waals surface area contributed by atoms with Crippen LogP contribution in [0.1, 0.15) is 0 Å². The fourth-order valence-corrected chi connectivity index (χ4v) is 0.349. The molecule has 2 N–H and O–H groups in total. The van der Waals surface area contributed by atoms with Crippen molar-refractivity contribution < 1.29 is 13.2 Å². The van der Waals surface area contributed by atoms with Crippen molar-refractivity contribution in [3.63, 3.8) is 0 Å². The second-order valence-corrected chi connectivity index (χ2v) is 1.79. The molecule has 4 nitrogen and oxygen atoms in total. The normalized spacial score (nSPS) is 13.3. The van der Waals surface area contributed by atoms with E-state index in [0.29, 0.717) is 0 Å². The standard InChI is InChI=1S/C6H3F3N4/c7-6(8,9)3-13-5(2-11)4(12)1-10/h3H,12H2/b5-4-,13-3?.